The predicted octanol–water partition coefficient (Wildman–Crippen LogP) is 0.825. The van der Waals surface area contributed by atoms with Crippen LogP contribution in [0.3, 0.4) is 0 Å². The largest absolute Gasteiger partial charge is 0.387 e. The molecule has 1 fully saturated rings. The molecule has 12 nitrogen and oxygen atoms in total. The van der Waals surface area contributed by atoms with Gasteiger partial charge in [0, 0.05) is 23.8 Å². The number of nitrogens with two attached hydrogens (primary N) is 1. The first-order valence-electron chi connectivity index (χ1n) is 10.8. The normalized spacial score (nSPS) is 22.4. The lowest BCUT2D eigenvalue weighted by molar-refractivity contribution is -0.0421. The highest BCUT2D eigenvalue weighted by Gasteiger charge is 2.44. The van der Waals surface area contributed by atoms with Crippen molar-refractivity contribution in [1.82, 2.24) is 29.7 Å². The third kappa shape index (κ3) is 5.37. The summed E-state index contributed by atoms with van der Waals surface area (Å²) in [5, 5.41) is 27.2. The summed E-state index contributed by atoms with van der Waals surface area (Å²) in [5.74, 6) is 0.225. The van der Waals surface area contributed by atoms with Crippen LogP contribution in [0.5, 0.6) is 0 Å². The van der Waals surface area contributed by atoms with Gasteiger partial charge in [-0.1, -0.05) is 17.7 Å². The number of carbonyl (C=O) groups excluding carboxylic acids is 1. The molecule has 1 saturated heterocycles. The number of aliphatic hydroxyl groups excluding tert-OH is 2. The van der Waals surface area contributed by atoms with Gasteiger partial charge in [0.1, 0.15) is 30.2 Å². The molecule has 6 N–H and O–H groups in total. The van der Waals surface area contributed by atoms with Crippen LogP contribution in [0, 0.1) is 0 Å². The lowest BCUT2D eigenvalue weighted by Gasteiger charge is -2.22. The molecule has 1 aliphatic rings. The van der Waals surface area contributed by atoms with Gasteiger partial charge in [0.05, 0.1) is 6.33 Å². The van der Waals surface area contributed by atoms with Crippen molar-refractivity contribution in [2.75, 3.05) is 37.7 Å². The molecule has 182 valence electrons. The number of hydrogen-bond donors (Lipinski definition) is 5. The number of carbonyl (C=O) groups is 1. The van der Waals surface area contributed by atoms with E-state index in [4.69, 9.17) is 22.1 Å². The first kappa shape index (κ1) is 24.1. The molecular formula is C21H27ClN8O4. The standard InChI is InChI=1S/C21H27ClN8O4/c1-29(7-3-6-24-21(33)28-13-5-2-4-12(22)8-13)9-14-16(31)17(32)20(34-14)30-11-27-15-18(23)25-10-26-19(15)30/h2,4-5,8,10-11,14,16-17,20,31-32H,3,6-7,9H2,1H3,(H2,23,25,26)(H2,24,28,33). The number of amides is 2. The van der Waals surface area contributed by atoms with Gasteiger partial charge in [0.2, 0.25) is 0 Å². The number of fused-ring (bicyclic) bond motifs is 1. The van der Waals surface area contributed by atoms with E-state index in [-0.39, 0.29) is 11.8 Å². The van der Waals surface area contributed by atoms with Gasteiger partial charge in [-0.2, -0.15) is 0 Å². The molecule has 13 heteroatoms. The lowest BCUT2D eigenvalue weighted by atomic mass is 10.1. The Bertz CT molecular complexity index is 1140. The topological polar surface area (TPSA) is 164 Å². The van der Waals surface area contributed by atoms with Gasteiger partial charge in [0.15, 0.2) is 17.7 Å². The number of ether oxygens (including phenoxy) is 1. The molecule has 2 amide bonds. The van der Waals surface area contributed by atoms with E-state index < -0.39 is 24.5 Å². The average molecular weight is 491 g/mol. The number of aliphatic hydroxyl groups is 2. The van der Waals surface area contributed by atoms with E-state index in [1.54, 1.807) is 28.8 Å². The molecule has 4 rings (SSSR count). The zero-order valence-corrected chi connectivity index (χ0v) is 19.3. The maximum Gasteiger partial charge on any atom is 0.319 e. The van der Waals surface area contributed by atoms with E-state index in [0.717, 1.165) is 0 Å². The minimum atomic E-state index is -1.16. The van der Waals surface area contributed by atoms with Gasteiger partial charge in [-0.25, -0.2) is 19.7 Å². The average Bonchev–Trinajstić information content (AvgIpc) is 3.34. The second-order valence-corrected chi connectivity index (χ2v) is 8.57. The predicted molar refractivity (Wildman–Crippen MR) is 126 cm³/mol. The van der Waals surface area contributed by atoms with Gasteiger partial charge in [-0.15, -0.1) is 0 Å². The van der Waals surface area contributed by atoms with Crippen molar-refractivity contribution >= 4 is 40.3 Å². The molecule has 0 aliphatic carbocycles. The summed E-state index contributed by atoms with van der Waals surface area (Å²) >= 11 is 5.91. The van der Waals surface area contributed by atoms with Crippen molar-refractivity contribution < 1.29 is 19.7 Å². The fourth-order valence-electron chi connectivity index (χ4n) is 3.86. The molecule has 3 heterocycles. The third-order valence-corrected chi connectivity index (χ3v) is 5.81. The molecule has 0 bridgehead atoms. The molecule has 0 saturated carbocycles. The number of nitrogen functional groups attached to an aromatic ring is 1. The maximum absolute atomic E-state index is 12.0. The molecule has 34 heavy (non-hydrogen) atoms. The van der Waals surface area contributed by atoms with Crippen LogP contribution >= 0.6 is 11.6 Å². The Morgan fingerprint density at radius 3 is 2.91 bits per heavy atom. The van der Waals surface area contributed by atoms with Gasteiger partial charge in [0.25, 0.3) is 0 Å². The molecule has 1 aliphatic heterocycles. The van der Waals surface area contributed by atoms with Gasteiger partial charge < -0.3 is 36.2 Å². The number of imidazole rings is 1. The van der Waals surface area contributed by atoms with Crippen LogP contribution in [-0.4, -0.2) is 85.7 Å². The number of likely N-dealkylation sites (N-methyl/N-ethyl adjacent to an activating group) is 1. The summed E-state index contributed by atoms with van der Waals surface area (Å²) in [6, 6.07) is 6.59. The van der Waals surface area contributed by atoms with Crippen molar-refractivity contribution in [3.63, 3.8) is 0 Å². The zero-order valence-electron chi connectivity index (χ0n) is 18.5. The number of anilines is 2. The summed E-state index contributed by atoms with van der Waals surface area (Å²) in [6.45, 7) is 1.48. The third-order valence-electron chi connectivity index (χ3n) is 5.57. The van der Waals surface area contributed by atoms with E-state index in [1.807, 2.05) is 11.9 Å². The van der Waals surface area contributed by atoms with Crippen molar-refractivity contribution in [1.29, 1.82) is 0 Å². The van der Waals surface area contributed by atoms with E-state index in [9.17, 15) is 15.0 Å². The zero-order chi connectivity index (χ0) is 24.2. The quantitative estimate of drug-likeness (QED) is 0.287. The monoisotopic (exact) mass is 490 g/mol. The van der Waals surface area contributed by atoms with Crippen LogP contribution in [0.2, 0.25) is 5.02 Å². The number of benzene rings is 1. The fraction of sp³-hybridized carbons (Fsp3) is 0.429. The smallest absolute Gasteiger partial charge is 0.319 e. The van der Waals surface area contributed by atoms with Crippen molar-refractivity contribution in [2.45, 2.75) is 31.0 Å². The lowest BCUT2D eigenvalue weighted by Crippen LogP contribution is -2.39. The second kappa shape index (κ2) is 10.5. The molecule has 1 aromatic carbocycles. The number of halogens is 1. The summed E-state index contributed by atoms with van der Waals surface area (Å²) in [7, 11) is 1.88. The van der Waals surface area contributed by atoms with Crippen molar-refractivity contribution in [2.24, 2.45) is 0 Å². The number of urea groups is 1. The SMILES string of the molecule is CN(CCCNC(=O)Nc1cccc(Cl)c1)CC1OC(n2cnc3c(N)ncnc32)C(O)C1O. The number of hydrogen-bond acceptors (Lipinski definition) is 9. The summed E-state index contributed by atoms with van der Waals surface area (Å²) < 4.78 is 7.50. The highest BCUT2D eigenvalue weighted by Crippen LogP contribution is 2.32. The van der Waals surface area contributed by atoms with E-state index in [1.165, 1.54) is 12.7 Å². The van der Waals surface area contributed by atoms with Gasteiger partial charge >= 0.3 is 6.03 Å². The van der Waals surface area contributed by atoms with E-state index >= 15 is 0 Å². The highest BCUT2D eigenvalue weighted by atomic mass is 35.5. The molecule has 0 spiro atoms. The molecular weight excluding hydrogens is 464 g/mol. The molecule has 4 unspecified atom stereocenters. The number of aromatic nitrogens is 4. The Balaban J connectivity index is 1.24. The highest BCUT2D eigenvalue weighted by molar-refractivity contribution is 6.30. The summed E-state index contributed by atoms with van der Waals surface area (Å²) in [6.07, 6.45) is -0.291. The van der Waals surface area contributed by atoms with Crippen LogP contribution in [-0.2, 0) is 4.74 Å². The number of nitrogens with one attached hydrogen (secondary N) is 2. The second-order valence-electron chi connectivity index (χ2n) is 8.14. The summed E-state index contributed by atoms with van der Waals surface area (Å²) in [4.78, 5) is 26.2. The number of nitrogens with zero attached hydrogens (tertiary/aromatic N) is 5. The Hall–Kier alpha value is -3.03. The maximum atomic E-state index is 12.0. The molecule has 3 aromatic rings. The first-order chi connectivity index (χ1) is 16.3. The minimum absolute atomic E-state index is 0.225. The minimum Gasteiger partial charge on any atom is -0.387 e. The van der Waals surface area contributed by atoms with Crippen LogP contribution in [0.4, 0.5) is 16.3 Å². The molecule has 4 atom stereocenters. The molecule has 0 radical (unpaired) electrons. The Kier molecular flexibility index (Phi) is 7.44. The van der Waals surface area contributed by atoms with Crippen molar-refractivity contribution in [3.05, 3.63) is 41.9 Å². The van der Waals surface area contributed by atoms with Gasteiger partial charge in [-0.3, -0.25) is 4.57 Å². The fourth-order valence-corrected chi connectivity index (χ4v) is 4.05. The molecule has 2 aromatic heterocycles. The van der Waals surface area contributed by atoms with Crippen LogP contribution in [0.25, 0.3) is 11.2 Å². The van der Waals surface area contributed by atoms with Crippen LogP contribution in [0.15, 0.2) is 36.9 Å². The van der Waals surface area contributed by atoms with Crippen molar-refractivity contribution in [3.8, 4) is 0 Å². The summed E-state index contributed by atoms with van der Waals surface area (Å²) in [5.41, 5.74) is 7.26. The van der Waals surface area contributed by atoms with E-state index in [0.29, 0.717) is 47.9 Å². The van der Waals surface area contributed by atoms with Crippen LogP contribution < -0.4 is 16.4 Å². The van der Waals surface area contributed by atoms with Crippen LogP contribution in [0.1, 0.15) is 12.6 Å². The van der Waals surface area contributed by atoms with E-state index in [2.05, 4.69) is 25.6 Å². The Labute approximate surface area is 200 Å². The Morgan fingerprint density at radius 2 is 2.12 bits per heavy atom. The Morgan fingerprint density at radius 1 is 1.29 bits per heavy atom. The van der Waals surface area contributed by atoms with Gasteiger partial charge in [-0.05, 0) is 38.2 Å². The number of rotatable bonds is 8. The first-order valence-corrected chi connectivity index (χ1v) is 11.1.